The number of nitrogens with one attached hydrogen (secondary N) is 2. The molecule has 4 nitrogen and oxygen atoms in total. The van der Waals surface area contributed by atoms with Gasteiger partial charge < -0.3 is 10.6 Å². The van der Waals surface area contributed by atoms with E-state index in [1.165, 1.54) is 6.92 Å². The van der Waals surface area contributed by atoms with E-state index >= 15 is 0 Å². The van der Waals surface area contributed by atoms with Gasteiger partial charge in [0.15, 0.2) is 0 Å². The van der Waals surface area contributed by atoms with E-state index in [-0.39, 0.29) is 24.3 Å². The smallest absolute Gasteiger partial charge is 0.222 e. The molecule has 0 aliphatic rings. The van der Waals surface area contributed by atoms with Crippen LogP contribution in [0.2, 0.25) is 5.02 Å². The van der Waals surface area contributed by atoms with Crippen LogP contribution < -0.4 is 10.6 Å². The highest BCUT2D eigenvalue weighted by atomic mass is 35.5. The molecule has 0 unspecified atom stereocenters. The summed E-state index contributed by atoms with van der Waals surface area (Å²) < 4.78 is 0. The van der Waals surface area contributed by atoms with Crippen LogP contribution in [0.3, 0.4) is 0 Å². The zero-order chi connectivity index (χ0) is 18.1. The van der Waals surface area contributed by atoms with Gasteiger partial charge in [-0.15, -0.1) is 11.8 Å². The summed E-state index contributed by atoms with van der Waals surface area (Å²) in [6.45, 7) is 2.02. The molecular formula is C19H21ClN2O2S. The van der Waals surface area contributed by atoms with Crippen LogP contribution in [0.5, 0.6) is 0 Å². The van der Waals surface area contributed by atoms with Crippen LogP contribution in [0.4, 0.5) is 0 Å². The summed E-state index contributed by atoms with van der Waals surface area (Å²) in [5.74, 6) is 0.531. The molecule has 0 aliphatic heterocycles. The van der Waals surface area contributed by atoms with Crippen molar-refractivity contribution in [2.45, 2.75) is 24.3 Å². The number of carbonyl (C=O) groups is 2. The number of amides is 2. The lowest BCUT2D eigenvalue weighted by molar-refractivity contribution is -0.122. The fourth-order valence-corrected chi connectivity index (χ4v) is 3.22. The van der Waals surface area contributed by atoms with E-state index in [9.17, 15) is 9.59 Å². The molecule has 0 fully saturated rings. The molecule has 0 radical (unpaired) electrons. The van der Waals surface area contributed by atoms with Crippen molar-refractivity contribution in [3.05, 3.63) is 65.2 Å². The molecule has 1 atom stereocenters. The summed E-state index contributed by atoms with van der Waals surface area (Å²) >= 11 is 7.51. The fraction of sp³-hybridized carbons (Fsp3) is 0.263. The minimum Gasteiger partial charge on any atom is -0.355 e. The minimum atomic E-state index is -0.317. The summed E-state index contributed by atoms with van der Waals surface area (Å²) in [5, 5.41) is 6.44. The highest BCUT2D eigenvalue weighted by Gasteiger charge is 2.16. The highest BCUT2D eigenvalue weighted by Crippen LogP contribution is 2.20. The van der Waals surface area contributed by atoms with Crippen molar-refractivity contribution in [1.29, 1.82) is 0 Å². The first-order valence-corrected chi connectivity index (χ1v) is 9.38. The van der Waals surface area contributed by atoms with Crippen molar-refractivity contribution in [2.24, 2.45) is 0 Å². The van der Waals surface area contributed by atoms with Crippen LogP contribution >= 0.6 is 23.4 Å². The second kappa shape index (κ2) is 10.1. The number of benzene rings is 2. The second-order valence-corrected chi connectivity index (χ2v) is 7.13. The van der Waals surface area contributed by atoms with Gasteiger partial charge >= 0.3 is 0 Å². The van der Waals surface area contributed by atoms with E-state index in [1.54, 1.807) is 11.8 Å². The molecule has 6 heteroatoms. The third-order valence-corrected chi connectivity index (χ3v) is 4.74. The monoisotopic (exact) mass is 376 g/mol. The van der Waals surface area contributed by atoms with Gasteiger partial charge in [0.2, 0.25) is 11.8 Å². The van der Waals surface area contributed by atoms with E-state index in [1.807, 2.05) is 54.6 Å². The van der Waals surface area contributed by atoms with Crippen LogP contribution in [0.25, 0.3) is 0 Å². The Hall–Kier alpha value is -1.98. The van der Waals surface area contributed by atoms with Gasteiger partial charge in [0.05, 0.1) is 12.5 Å². The van der Waals surface area contributed by atoms with E-state index in [4.69, 9.17) is 11.6 Å². The Labute approximate surface area is 157 Å². The maximum atomic E-state index is 12.2. The van der Waals surface area contributed by atoms with E-state index in [2.05, 4.69) is 10.6 Å². The summed E-state index contributed by atoms with van der Waals surface area (Å²) in [6.07, 6.45) is 0.217. The molecular weight excluding hydrogens is 356 g/mol. The van der Waals surface area contributed by atoms with Crippen LogP contribution in [0.1, 0.15) is 24.9 Å². The Kier molecular flexibility index (Phi) is 7.82. The molecule has 2 N–H and O–H groups in total. The molecule has 132 valence electrons. The molecule has 0 bridgehead atoms. The van der Waals surface area contributed by atoms with Crippen molar-refractivity contribution in [3.63, 3.8) is 0 Å². The maximum absolute atomic E-state index is 12.2. The number of hydrogen-bond acceptors (Lipinski definition) is 3. The number of thioether (sulfide) groups is 1. The van der Waals surface area contributed by atoms with Gasteiger partial charge in [0, 0.05) is 29.1 Å². The summed E-state index contributed by atoms with van der Waals surface area (Å²) in [6, 6.07) is 16.8. The first kappa shape index (κ1) is 19.3. The Morgan fingerprint density at radius 2 is 1.76 bits per heavy atom. The number of carbonyl (C=O) groups excluding carboxylic acids is 2. The summed E-state index contributed by atoms with van der Waals surface area (Å²) in [5.41, 5.74) is 0.920. The van der Waals surface area contributed by atoms with Gasteiger partial charge in [-0.25, -0.2) is 0 Å². The van der Waals surface area contributed by atoms with E-state index in [0.717, 1.165) is 16.2 Å². The Morgan fingerprint density at radius 1 is 1.08 bits per heavy atom. The predicted molar refractivity (Wildman–Crippen MR) is 103 cm³/mol. The zero-order valence-corrected chi connectivity index (χ0v) is 15.6. The average molecular weight is 377 g/mol. The molecule has 2 aromatic carbocycles. The number of hydrogen-bond donors (Lipinski definition) is 2. The lowest BCUT2D eigenvalue weighted by Crippen LogP contribution is -2.33. The standard InChI is InChI=1S/C19H21ClN2O2S/c1-14(23)22-18(15-5-3-2-4-6-15)13-19(24)21-11-12-25-17-9-7-16(20)8-10-17/h2-10,18H,11-13H2,1H3,(H,21,24)(H,22,23)/t18-/m0/s1. The Bertz CT molecular complexity index is 692. The molecule has 2 amide bonds. The van der Waals surface area contributed by atoms with Crippen molar-refractivity contribution in [2.75, 3.05) is 12.3 Å². The van der Waals surface area contributed by atoms with Crippen molar-refractivity contribution < 1.29 is 9.59 Å². The quantitative estimate of drug-likeness (QED) is 0.544. The first-order valence-electron chi connectivity index (χ1n) is 8.01. The third kappa shape index (κ3) is 7.20. The molecule has 25 heavy (non-hydrogen) atoms. The zero-order valence-electron chi connectivity index (χ0n) is 14.0. The number of rotatable bonds is 8. The summed E-state index contributed by atoms with van der Waals surface area (Å²) in [7, 11) is 0. The molecule has 0 spiro atoms. The minimum absolute atomic E-state index is 0.0840. The second-order valence-electron chi connectivity index (χ2n) is 5.52. The van der Waals surface area contributed by atoms with Gasteiger partial charge in [0.1, 0.15) is 0 Å². The molecule has 2 aromatic rings. The number of halogens is 1. The fourth-order valence-electron chi connectivity index (χ4n) is 2.33. The topological polar surface area (TPSA) is 58.2 Å². The van der Waals surface area contributed by atoms with Gasteiger partial charge in [-0.3, -0.25) is 9.59 Å². The molecule has 0 saturated heterocycles. The molecule has 0 aromatic heterocycles. The maximum Gasteiger partial charge on any atom is 0.222 e. The van der Waals surface area contributed by atoms with Crippen molar-refractivity contribution in [1.82, 2.24) is 10.6 Å². The molecule has 2 rings (SSSR count). The van der Waals surface area contributed by atoms with Crippen molar-refractivity contribution >= 4 is 35.2 Å². The normalized spacial score (nSPS) is 11.6. The van der Waals surface area contributed by atoms with Gasteiger partial charge in [-0.05, 0) is 29.8 Å². The van der Waals surface area contributed by atoms with Crippen LogP contribution in [0.15, 0.2) is 59.5 Å². The molecule has 0 heterocycles. The van der Waals surface area contributed by atoms with Crippen LogP contribution in [-0.2, 0) is 9.59 Å². The SMILES string of the molecule is CC(=O)N[C@@H](CC(=O)NCCSc1ccc(Cl)cc1)c1ccccc1. The van der Waals surface area contributed by atoms with Crippen LogP contribution in [0, 0.1) is 0 Å². The average Bonchev–Trinajstić information content (AvgIpc) is 2.60. The van der Waals surface area contributed by atoms with E-state index in [0.29, 0.717) is 11.6 Å². The predicted octanol–water partition coefficient (Wildman–Crippen LogP) is 3.82. The lowest BCUT2D eigenvalue weighted by atomic mass is 10.0. The summed E-state index contributed by atoms with van der Waals surface area (Å²) in [4.78, 5) is 24.7. The van der Waals surface area contributed by atoms with Gasteiger partial charge in [-0.1, -0.05) is 41.9 Å². The first-order chi connectivity index (χ1) is 12.0. The Morgan fingerprint density at radius 3 is 2.40 bits per heavy atom. The van der Waals surface area contributed by atoms with Gasteiger partial charge in [-0.2, -0.15) is 0 Å². The largest absolute Gasteiger partial charge is 0.355 e. The third-order valence-electron chi connectivity index (χ3n) is 3.48. The highest BCUT2D eigenvalue weighted by molar-refractivity contribution is 7.99. The molecule has 0 saturated carbocycles. The van der Waals surface area contributed by atoms with Gasteiger partial charge in [0.25, 0.3) is 0 Å². The van der Waals surface area contributed by atoms with Crippen LogP contribution in [-0.4, -0.2) is 24.1 Å². The van der Waals surface area contributed by atoms with Crippen molar-refractivity contribution in [3.8, 4) is 0 Å². The molecule has 0 aliphatic carbocycles. The lowest BCUT2D eigenvalue weighted by Gasteiger charge is -2.18. The Balaban J connectivity index is 1.78. The van der Waals surface area contributed by atoms with E-state index < -0.39 is 0 Å².